The second-order valence-electron chi connectivity index (χ2n) is 18.5. The molecule has 66 heavy (non-hydrogen) atoms. The van der Waals surface area contributed by atoms with Gasteiger partial charge in [-0.3, -0.25) is 34.7 Å². The molecule has 11 rings (SSSR count). The Morgan fingerprint density at radius 1 is 0.909 bits per heavy atom. The van der Waals surface area contributed by atoms with Crippen LogP contribution in [0.3, 0.4) is 0 Å². The summed E-state index contributed by atoms with van der Waals surface area (Å²) < 4.78 is 18.0. The quantitative estimate of drug-likeness (QED) is 0.160. The fourth-order valence-corrected chi connectivity index (χ4v) is 11.4. The number of imidazole rings is 1. The number of anilines is 4. The number of fused-ring (bicyclic) bond motifs is 2. The molecule has 6 aliphatic rings. The fraction of sp³-hybridized carbons (Fsp3) is 0.383. The number of imide groups is 1. The third kappa shape index (κ3) is 7.53. The molecule has 4 fully saturated rings. The number of likely N-dealkylation sites (tertiary alicyclic amines) is 1. The minimum absolute atomic E-state index is 0.00528. The van der Waals surface area contributed by atoms with Gasteiger partial charge in [0.05, 0.1) is 41.3 Å². The van der Waals surface area contributed by atoms with Gasteiger partial charge in [0.1, 0.15) is 5.82 Å². The predicted molar refractivity (Wildman–Crippen MR) is 245 cm³/mol. The molecule has 0 saturated carbocycles. The molecule has 3 N–H and O–H groups in total. The van der Waals surface area contributed by atoms with Gasteiger partial charge in [0.2, 0.25) is 11.8 Å². The monoisotopic (exact) mass is 932 g/mol. The van der Waals surface area contributed by atoms with Crippen molar-refractivity contribution < 1.29 is 33.5 Å². The summed E-state index contributed by atoms with van der Waals surface area (Å²) in [6.45, 7) is 4.85. The molecule has 5 aromatic rings. The molecule has 6 amide bonds. The summed E-state index contributed by atoms with van der Waals surface area (Å²) in [5.41, 5.74) is 4.44. The van der Waals surface area contributed by atoms with Crippen molar-refractivity contribution in [3.05, 3.63) is 106 Å². The summed E-state index contributed by atoms with van der Waals surface area (Å²) in [5.74, 6) is -1.75. The maximum absolute atomic E-state index is 15.9. The Morgan fingerprint density at radius 3 is 2.41 bits per heavy atom. The number of carbonyl (C=O) groups excluding carboxylic acids is 5. The molecule has 4 saturated heterocycles. The normalized spacial score (nSPS) is 19.9. The van der Waals surface area contributed by atoms with E-state index in [-0.39, 0.29) is 54.3 Å². The van der Waals surface area contributed by atoms with Crippen LogP contribution in [0.4, 0.5) is 31.4 Å². The van der Waals surface area contributed by atoms with Crippen LogP contribution in [-0.4, -0.2) is 111 Å². The maximum Gasteiger partial charge on any atom is 0.328 e. The van der Waals surface area contributed by atoms with Crippen molar-refractivity contribution in [1.82, 2.24) is 29.7 Å². The predicted octanol–water partition coefficient (Wildman–Crippen LogP) is 5.60. The zero-order valence-corrected chi connectivity index (χ0v) is 37.4. The Hall–Kier alpha value is -6.37. The topological polar surface area (TPSA) is 177 Å². The number of aliphatic hydroxyl groups is 1. The van der Waals surface area contributed by atoms with Crippen LogP contribution in [0.5, 0.6) is 0 Å². The van der Waals surface area contributed by atoms with Gasteiger partial charge in [-0.1, -0.05) is 23.7 Å². The molecule has 340 valence electrons. The van der Waals surface area contributed by atoms with Crippen molar-refractivity contribution in [2.24, 2.45) is 5.41 Å². The summed E-state index contributed by atoms with van der Waals surface area (Å²) in [7, 11) is 0. The number of piperidine rings is 1. The lowest BCUT2D eigenvalue weighted by Gasteiger charge is -2.61. The molecule has 0 bridgehead atoms. The van der Waals surface area contributed by atoms with E-state index in [0.717, 1.165) is 55.1 Å². The minimum Gasteiger partial charge on any atom is -0.389 e. The van der Waals surface area contributed by atoms with Gasteiger partial charge < -0.3 is 29.3 Å². The van der Waals surface area contributed by atoms with Crippen molar-refractivity contribution in [2.75, 3.05) is 65.8 Å². The number of rotatable bonds is 10. The highest BCUT2D eigenvalue weighted by Gasteiger charge is 2.54. The Labute approximate surface area is 387 Å². The highest BCUT2D eigenvalue weighted by Crippen LogP contribution is 2.44. The number of halogens is 2. The minimum atomic E-state index is -1.12. The smallest absolute Gasteiger partial charge is 0.328 e. The van der Waals surface area contributed by atoms with E-state index < -0.39 is 35.3 Å². The largest absolute Gasteiger partial charge is 0.389 e. The fourth-order valence-electron chi connectivity index (χ4n) is 10.6. The summed E-state index contributed by atoms with van der Waals surface area (Å²) >= 11 is 7.93. The van der Waals surface area contributed by atoms with Crippen LogP contribution in [0.1, 0.15) is 65.5 Å². The molecular formula is C47H46ClFN10O6S. The Balaban J connectivity index is 0.684. The molecule has 8 heterocycles. The second kappa shape index (κ2) is 16.2. The molecule has 2 aromatic heterocycles. The Morgan fingerprint density at radius 2 is 1.68 bits per heavy atom. The first-order chi connectivity index (χ1) is 31.8. The van der Waals surface area contributed by atoms with Crippen LogP contribution in [0, 0.1) is 11.2 Å². The number of hydrogen-bond acceptors (Lipinski definition) is 11. The van der Waals surface area contributed by atoms with Gasteiger partial charge in [-0.15, -0.1) is 11.3 Å². The SMILES string of the molecule is O=C1CCN(c2ccc(N3CCC(O)(CC(=O)N4CC5(C4)CN(c4ccc(-c6cc(F)c7c(c6)C(=O)N(C(C(=O)Nc6nccs6)c6ncn8c6CCC8)C7)cc4)C5)CC3)c(Cl)c2)C(=O)N1. The van der Waals surface area contributed by atoms with E-state index in [4.69, 9.17) is 11.6 Å². The van der Waals surface area contributed by atoms with Gasteiger partial charge in [-0.2, -0.15) is 0 Å². The van der Waals surface area contributed by atoms with Gasteiger partial charge in [0.15, 0.2) is 11.2 Å². The van der Waals surface area contributed by atoms with E-state index in [1.807, 2.05) is 39.8 Å². The molecule has 1 atom stereocenters. The first kappa shape index (κ1) is 42.3. The Bertz CT molecular complexity index is 2800. The lowest BCUT2D eigenvalue weighted by atomic mass is 9.72. The molecule has 16 nitrogen and oxygen atoms in total. The van der Waals surface area contributed by atoms with Gasteiger partial charge in [-0.05, 0) is 79.3 Å². The van der Waals surface area contributed by atoms with Crippen molar-refractivity contribution in [3.8, 4) is 11.1 Å². The van der Waals surface area contributed by atoms with Gasteiger partial charge in [0.25, 0.3) is 11.8 Å². The van der Waals surface area contributed by atoms with E-state index in [9.17, 15) is 29.1 Å². The molecule has 6 aliphatic heterocycles. The molecule has 1 unspecified atom stereocenters. The number of urea groups is 1. The third-order valence-electron chi connectivity index (χ3n) is 14.1. The zero-order valence-electron chi connectivity index (χ0n) is 35.8. The standard InChI is InChI=1S/C47H46ClFN10O6S/c48-34-20-31(58-14-9-38(60)52-45(58)64)7-8-36(34)54-15-10-47(65,11-16-54)21-39(61)57-25-46(26-57)23-56(24-46)30-5-3-28(4-6-30)29-18-32-33(35(49)19-29)22-59(43(32)63)41(42(62)53-44-50-12-17-66-44)40-37-2-1-13-55(37)27-51-40/h3-8,12,17-20,27,41,65H,1-2,9-11,13-16,21-26H2,(H,50,53,62)(H,52,60,64). The van der Waals surface area contributed by atoms with Gasteiger partial charge in [0, 0.05) is 104 Å². The molecule has 19 heteroatoms. The van der Waals surface area contributed by atoms with Gasteiger partial charge >= 0.3 is 6.03 Å². The van der Waals surface area contributed by atoms with E-state index in [0.29, 0.717) is 66.1 Å². The Kier molecular flexibility index (Phi) is 10.4. The molecular weight excluding hydrogens is 887 g/mol. The summed E-state index contributed by atoms with van der Waals surface area (Å²) in [4.78, 5) is 83.1. The number of hydrogen-bond donors (Lipinski definition) is 3. The number of benzene rings is 3. The van der Waals surface area contributed by atoms with Crippen molar-refractivity contribution in [3.63, 3.8) is 0 Å². The summed E-state index contributed by atoms with van der Waals surface area (Å²) in [6, 6.07) is 14.8. The number of amides is 6. The molecule has 3 aromatic carbocycles. The lowest BCUT2D eigenvalue weighted by Crippen LogP contribution is -2.73. The maximum atomic E-state index is 15.9. The highest BCUT2D eigenvalue weighted by molar-refractivity contribution is 7.13. The van der Waals surface area contributed by atoms with Crippen LogP contribution < -0.4 is 25.3 Å². The van der Waals surface area contributed by atoms with Crippen LogP contribution in [-0.2, 0) is 33.9 Å². The number of nitrogens with one attached hydrogen (secondary N) is 2. The molecule has 0 aliphatic carbocycles. The van der Waals surface area contributed by atoms with E-state index in [1.54, 1.807) is 36.1 Å². The van der Waals surface area contributed by atoms with Gasteiger partial charge in [-0.25, -0.2) is 19.2 Å². The van der Waals surface area contributed by atoms with E-state index >= 15 is 4.39 Å². The highest BCUT2D eigenvalue weighted by atomic mass is 35.5. The average molecular weight is 933 g/mol. The summed E-state index contributed by atoms with van der Waals surface area (Å²) in [6.07, 6.45) is 6.02. The lowest BCUT2D eigenvalue weighted by molar-refractivity contribution is -0.151. The number of nitrogens with zero attached hydrogens (tertiary/aromatic N) is 8. The number of aromatic nitrogens is 3. The first-order valence-electron chi connectivity index (χ1n) is 22.2. The van der Waals surface area contributed by atoms with Crippen LogP contribution >= 0.6 is 22.9 Å². The molecule has 1 spiro atoms. The molecule has 0 radical (unpaired) electrons. The van der Waals surface area contributed by atoms with Crippen LogP contribution in [0.2, 0.25) is 5.02 Å². The first-order valence-corrected chi connectivity index (χ1v) is 23.5. The number of carbonyl (C=O) groups is 5. The van der Waals surface area contributed by atoms with Crippen LogP contribution in [0.25, 0.3) is 11.1 Å². The van der Waals surface area contributed by atoms with Crippen molar-refractivity contribution in [1.29, 1.82) is 0 Å². The average Bonchev–Trinajstić information content (AvgIpc) is 4.09. The van der Waals surface area contributed by atoms with Crippen molar-refractivity contribution in [2.45, 2.75) is 63.3 Å². The third-order valence-corrected chi connectivity index (χ3v) is 15.1. The number of aryl methyl sites for hydroxylation is 1. The number of thiazole rings is 1. The van der Waals surface area contributed by atoms with E-state index in [2.05, 4.69) is 30.4 Å². The summed E-state index contributed by atoms with van der Waals surface area (Å²) in [5, 5.41) is 19.3. The second-order valence-corrected chi connectivity index (χ2v) is 19.8. The van der Waals surface area contributed by atoms with E-state index in [1.165, 1.54) is 27.2 Å². The van der Waals surface area contributed by atoms with Crippen molar-refractivity contribution >= 4 is 74.8 Å². The zero-order chi connectivity index (χ0) is 45.5. The van der Waals surface area contributed by atoms with Crippen LogP contribution in [0.15, 0.2) is 72.5 Å².